The van der Waals surface area contributed by atoms with E-state index in [9.17, 15) is 35.4 Å². The maximum atomic E-state index is 12.3. The Kier molecular flexibility index (Phi) is 16.0. The second kappa shape index (κ2) is 19.1. The van der Waals surface area contributed by atoms with Gasteiger partial charge in [-0.1, -0.05) is 23.7 Å². The highest BCUT2D eigenvalue weighted by Gasteiger charge is 2.19. The number of aliphatic hydroxyl groups is 6. The van der Waals surface area contributed by atoms with E-state index in [1.807, 2.05) is 29.2 Å². The number of guanidine groups is 1. The van der Waals surface area contributed by atoms with Crippen molar-refractivity contribution in [2.75, 3.05) is 75.5 Å². The molecular formula is C27H44ClN9O7. The summed E-state index contributed by atoms with van der Waals surface area (Å²) in [6, 6.07) is 7.71. The largest absolute Gasteiger partial charge is 0.394 e. The summed E-state index contributed by atoms with van der Waals surface area (Å²) < 4.78 is 0. The quantitative estimate of drug-likeness (QED) is 0.0432. The van der Waals surface area contributed by atoms with E-state index >= 15 is 0 Å². The number of carbonyl (C=O) groups excluding carboxylic acids is 1. The van der Waals surface area contributed by atoms with Gasteiger partial charge in [0.1, 0.15) is 0 Å². The average Bonchev–Trinajstić information content (AvgIpc) is 3.00. The molecule has 2 rings (SSSR count). The molecule has 44 heavy (non-hydrogen) atoms. The summed E-state index contributed by atoms with van der Waals surface area (Å²) in [6.07, 6.45) is -0.775. The third-order valence-corrected chi connectivity index (χ3v) is 6.78. The van der Waals surface area contributed by atoms with E-state index in [4.69, 9.17) is 28.8 Å². The fourth-order valence-electron chi connectivity index (χ4n) is 4.21. The molecule has 17 heteroatoms. The Bertz CT molecular complexity index is 1180. The number of benzene rings is 1. The van der Waals surface area contributed by atoms with Crippen LogP contribution in [-0.2, 0) is 6.42 Å². The number of hydrogen-bond donors (Lipinski definition) is 10. The first-order valence-electron chi connectivity index (χ1n) is 14.1. The van der Waals surface area contributed by atoms with Gasteiger partial charge in [-0.05, 0) is 37.0 Å². The number of anilines is 3. The minimum atomic E-state index is -1.01. The van der Waals surface area contributed by atoms with Gasteiger partial charge in [0.05, 0.1) is 38.1 Å². The van der Waals surface area contributed by atoms with Gasteiger partial charge in [-0.25, -0.2) is 9.97 Å². The van der Waals surface area contributed by atoms with Crippen molar-refractivity contribution >= 4 is 40.8 Å². The minimum absolute atomic E-state index is 0.0890. The molecule has 246 valence electrons. The zero-order valence-electron chi connectivity index (χ0n) is 24.5. The first kappa shape index (κ1) is 36.8. The summed E-state index contributed by atoms with van der Waals surface area (Å²) in [5.74, 6) is -1.09. The van der Waals surface area contributed by atoms with Crippen LogP contribution >= 0.6 is 11.6 Å². The number of aliphatic hydroxyl groups excluding tert-OH is 6. The summed E-state index contributed by atoms with van der Waals surface area (Å²) in [5.41, 5.74) is 18.6. The van der Waals surface area contributed by atoms with Crippen LogP contribution in [0.4, 0.5) is 17.3 Å². The van der Waals surface area contributed by atoms with Crippen LogP contribution in [0.2, 0.25) is 5.15 Å². The number of amides is 1. The van der Waals surface area contributed by atoms with E-state index < -0.39 is 44.0 Å². The number of nitrogens with zero attached hydrogens (tertiary/aromatic N) is 5. The van der Waals surface area contributed by atoms with Gasteiger partial charge in [-0.15, -0.1) is 0 Å². The number of nitrogens with one attached hydrogen (secondary N) is 1. The van der Waals surface area contributed by atoms with Crippen LogP contribution in [0, 0.1) is 0 Å². The van der Waals surface area contributed by atoms with Crippen molar-refractivity contribution in [3.05, 3.63) is 40.7 Å². The highest BCUT2D eigenvalue weighted by Crippen LogP contribution is 2.18. The Labute approximate surface area is 260 Å². The molecule has 1 aromatic carbocycles. The maximum Gasteiger partial charge on any atom is 0.280 e. The number of hydrogen-bond acceptors (Lipinski definition) is 14. The molecule has 1 aromatic heterocycles. The van der Waals surface area contributed by atoms with E-state index in [-0.39, 0.29) is 48.1 Å². The molecular weight excluding hydrogens is 598 g/mol. The SMILES string of the molecule is NC(=NCCCCc1ccc(N(CCN(C[C@@H](O)CO)C[C@@H](O)CO)C[C@@H](O)CO)cc1)NC(=O)c1nc(Cl)c(N)nc1N. The Morgan fingerprint density at radius 2 is 1.48 bits per heavy atom. The molecule has 0 saturated carbocycles. The van der Waals surface area contributed by atoms with Gasteiger partial charge in [0.2, 0.25) is 0 Å². The number of aromatic nitrogens is 2. The second-order valence-electron chi connectivity index (χ2n) is 10.2. The van der Waals surface area contributed by atoms with Crippen molar-refractivity contribution in [1.29, 1.82) is 0 Å². The Balaban J connectivity index is 1.90. The van der Waals surface area contributed by atoms with E-state index in [2.05, 4.69) is 20.3 Å². The summed E-state index contributed by atoms with van der Waals surface area (Å²) in [7, 11) is 0. The lowest BCUT2D eigenvalue weighted by Gasteiger charge is -2.32. The van der Waals surface area contributed by atoms with Crippen molar-refractivity contribution in [3.8, 4) is 0 Å². The van der Waals surface area contributed by atoms with E-state index in [1.54, 1.807) is 4.90 Å². The Hall–Kier alpha value is -3.35. The number of carbonyl (C=O) groups is 1. The van der Waals surface area contributed by atoms with Crippen LogP contribution in [-0.4, -0.2) is 135 Å². The standard InChI is InChI=1S/C27H44ClN9O7/c28-23-25(30)34-24(29)22(33-23)26(44)35-27(31)32-8-2-1-3-17-4-6-18(7-5-17)37(13-21(43)16-40)10-9-36(11-19(41)14-38)12-20(42)15-39/h4-7,19-21,38-43H,1-3,8-16H2,(H4,29,30,34)(H3,31,32,35,44)/t19-,20-,21-/m1/s1. The zero-order chi connectivity index (χ0) is 32.6. The lowest BCUT2D eigenvalue weighted by molar-refractivity contribution is 0.0240. The van der Waals surface area contributed by atoms with Gasteiger partial charge in [0.25, 0.3) is 5.91 Å². The van der Waals surface area contributed by atoms with Crippen LogP contribution in [0.15, 0.2) is 29.3 Å². The molecule has 1 amide bonds. The Morgan fingerprint density at radius 3 is 2.07 bits per heavy atom. The van der Waals surface area contributed by atoms with Crippen LogP contribution in [0.3, 0.4) is 0 Å². The second-order valence-corrected chi connectivity index (χ2v) is 10.6. The number of aliphatic imine (C=N–C) groups is 1. The van der Waals surface area contributed by atoms with Crippen LogP contribution in [0.1, 0.15) is 28.9 Å². The van der Waals surface area contributed by atoms with E-state index in [0.29, 0.717) is 26.1 Å². The van der Waals surface area contributed by atoms with Crippen molar-refractivity contribution in [2.45, 2.75) is 37.6 Å². The molecule has 13 N–H and O–H groups in total. The summed E-state index contributed by atoms with van der Waals surface area (Å²) in [6.45, 7) is 0.128. The summed E-state index contributed by atoms with van der Waals surface area (Å²) in [5, 5.41) is 59.9. The predicted octanol–water partition coefficient (Wildman–Crippen LogP) is -2.47. The van der Waals surface area contributed by atoms with Gasteiger partial charge in [0, 0.05) is 45.0 Å². The molecule has 0 aliphatic heterocycles. The minimum Gasteiger partial charge on any atom is -0.394 e. The number of unbranched alkanes of at least 4 members (excludes halogenated alkanes) is 1. The van der Waals surface area contributed by atoms with Crippen molar-refractivity contribution in [2.24, 2.45) is 10.7 Å². The lowest BCUT2D eigenvalue weighted by atomic mass is 10.1. The van der Waals surface area contributed by atoms with Gasteiger partial charge >= 0.3 is 0 Å². The Morgan fingerprint density at radius 1 is 0.886 bits per heavy atom. The molecule has 0 aliphatic rings. The molecule has 0 spiro atoms. The third-order valence-electron chi connectivity index (χ3n) is 6.51. The molecule has 16 nitrogen and oxygen atoms in total. The summed E-state index contributed by atoms with van der Waals surface area (Å²) >= 11 is 5.80. The fraction of sp³-hybridized carbons (Fsp3) is 0.556. The van der Waals surface area contributed by atoms with E-state index in [1.165, 1.54) is 0 Å². The highest BCUT2D eigenvalue weighted by molar-refractivity contribution is 6.31. The number of nitrogens with two attached hydrogens (primary N) is 3. The average molecular weight is 642 g/mol. The molecule has 0 unspecified atom stereocenters. The normalized spacial score (nSPS) is 14.0. The first-order valence-corrected chi connectivity index (χ1v) is 14.5. The number of rotatable bonds is 19. The molecule has 0 fully saturated rings. The topological polar surface area (TPSA) is 273 Å². The molecule has 0 radical (unpaired) electrons. The van der Waals surface area contributed by atoms with Gasteiger partial charge in [-0.2, -0.15) is 0 Å². The maximum absolute atomic E-state index is 12.3. The molecule has 0 saturated heterocycles. The number of aryl methyl sites for hydroxylation is 1. The summed E-state index contributed by atoms with van der Waals surface area (Å²) in [4.78, 5) is 27.6. The molecule has 2 aromatic rings. The van der Waals surface area contributed by atoms with Gasteiger partial charge in [0.15, 0.2) is 28.4 Å². The van der Waals surface area contributed by atoms with E-state index in [0.717, 1.165) is 24.1 Å². The fourth-order valence-corrected chi connectivity index (χ4v) is 4.33. The third kappa shape index (κ3) is 12.7. The van der Waals surface area contributed by atoms with Crippen LogP contribution < -0.4 is 27.4 Å². The number of halogens is 1. The smallest absolute Gasteiger partial charge is 0.280 e. The predicted molar refractivity (Wildman–Crippen MR) is 167 cm³/mol. The monoisotopic (exact) mass is 641 g/mol. The van der Waals surface area contributed by atoms with Crippen molar-refractivity contribution in [3.63, 3.8) is 0 Å². The van der Waals surface area contributed by atoms with Gasteiger partial charge in [-0.3, -0.25) is 20.0 Å². The van der Waals surface area contributed by atoms with Crippen molar-refractivity contribution in [1.82, 2.24) is 20.2 Å². The van der Waals surface area contributed by atoms with Crippen LogP contribution in [0.25, 0.3) is 0 Å². The molecule has 0 aliphatic carbocycles. The number of nitrogen functional groups attached to an aromatic ring is 2. The van der Waals surface area contributed by atoms with Crippen LogP contribution in [0.5, 0.6) is 0 Å². The zero-order valence-corrected chi connectivity index (χ0v) is 25.2. The highest BCUT2D eigenvalue weighted by atomic mass is 35.5. The van der Waals surface area contributed by atoms with Crippen molar-refractivity contribution < 1.29 is 35.4 Å². The first-order chi connectivity index (χ1) is 21.0. The van der Waals surface area contributed by atoms with Gasteiger partial charge < -0.3 is 52.7 Å². The molecule has 0 bridgehead atoms. The molecule has 1 heterocycles. The lowest BCUT2D eigenvalue weighted by Crippen LogP contribution is -2.45. The molecule has 3 atom stereocenters.